The molecule has 8 heteroatoms. The van der Waals surface area contributed by atoms with E-state index in [1.807, 2.05) is 0 Å². The Morgan fingerprint density at radius 3 is 2.90 bits per heavy atom. The molecule has 2 aliphatic rings. The van der Waals surface area contributed by atoms with E-state index in [1.54, 1.807) is 6.08 Å². The van der Waals surface area contributed by atoms with Crippen LogP contribution in [0.2, 0.25) is 0 Å². The van der Waals surface area contributed by atoms with E-state index >= 15 is 0 Å². The standard InChI is InChI=1S/C22H28F2O6/c23-13-4-9-18(24)21(10-13)29-12-14(25)5-7-16-17-8-6-15(2-1-3-22(27)28)30-20(17)11-19(16)26/h4-5,7,9-10,14-17,19-20,25-26H,1-3,6,8,11-12H2,(H,27,28)/b7-5+/t14-,15+,16-,17-,19-,20+/m1/s1. The third-order valence-electron chi connectivity index (χ3n) is 5.85. The van der Waals surface area contributed by atoms with Crippen LogP contribution in [0.4, 0.5) is 8.78 Å². The van der Waals surface area contributed by atoms with E-state index in [-0.39, 0.29) is 42.8 Å². The molecule has 2 fully saturated rings. The van der Waals surface area contributed by atoms with Gasteiger partial charge < -0.3 is 24.8 Å². The molecule has 1 saturated carbocycles. The van der Waals surface area contributed by atoms with Gasteiger partial charge in [-0.25, -0.2) is 8.78 Å². The molecule has 1 aromatic carbocycles. The molecule has 1 aliphatic carbocycles. The van der Waals surface area contributed by atoms with E-state index in [4.69, 9.17) is 14.6 Å². The summed E-state index contributed by atoms with van der Waals surface area (Å²) in [5, 5.41) is 29.3. The number of hydrogen-bond donors (Lipinski definition) is 3. The van der Waals surface area contributed by atoms with Gasteiger partial charge in [-0.15, -0.1) is 0 Å². The lowest BCUT2D eigenvalue weighted by atomic mass is 9.85. The van der Waals surface area contributed by atoms with Crippen molar-refractivity contribution in [3.63, 3.8) is 0 Å². The number of ether oxygens (including phenoxy) is 2. The first-order valence-electron chi connectivity index (χ1n) is 10.3. The van der Waals surface area contributed by atoms with Crippen LogP contribution < -0.4 is 4.74 Å². The minimum Gasteiger partial charge on any atom is -0.487 e. The van der Waals surface area contributed by atoms with Crippen LogP contribution in [-0.4, -0.2) is 52.3 Å². The minimum atomic E-state index is -1.04. The lowest BCUT2D eigenvalue weighted by Gasteiger charge is -2.34. The van der Waals surface area contributed by atoms with Gasteiger partial charge in [0.15, 0.2) is 11.6 Å². The number of fused-ring (bicyclic) bond motifs is 1. The van der Waals surface area contributed by atoms with Gasteiger partial charge >= 0.3 is 5.97 Å². The summed E-state index contributed by atoms with van der Waals surface area (Å²) in [6.45, 7) is -0.240. The lowest BCUT2D eigenvalue weighted by Crippen LogP contribution is -2.33. The zero-order valence-corrected chi connectivity index (χ0v) is 16.6. The molecule has 0 amide bonds. The molecule has 1 aliphatic heterocycles. The summed E-state index contributed by atoms with van der Waals surface area (Å²) in [6, 6.07) is 2.86. The smallest absolute Gasteiger partial charge is 0.303 e. The summed E-state index contributed by atoms with van der Waals surface area (Å²) in [5.41, 5.74) is 0. The van der Waals surface area contributed by atoms with Gasteiger partial charge in [0.05, 0.1) is 18.3 Å². The molecular formula is C22H28F2O6. The van der Waals surface area contributed by atoms with E-state index < -0.39 is 29.8 Å². The molecule has 1 saturated heterocycles. The van der Waals surface area contributed by atoms with Crippen LogP contribution in [0.1, 0.15) is 38.5 Å². The first-order valence-corrected chi connectivity index (χ1v) is 10.3. The molecule has 0 bridgehead atoms. The maximum absolute atomic E-state index is 13.6. The second-order valence-electron chi connectivity index (χ2n) is 8.04. The Morgan fingerprint density at radius 2 is 2.13 bits per heavy atom. The molecule has 30 heavy (non-hydrogen) atoms. The van der Waals surface area contributed by atoms with Crippen molar-refractivity contribution in [1.82, 2.24) is 0 Å². The normalized spacial score (nSPS) is 29.7. The van der Waals surface area contributed by atoms with E-state index in [2.05, 4.69) is 0 Å². The van der Waals surface area contributed by atoms with Crippen molar-refractivity contribution in [1.29, 1.82) is 0 Å². The van der Waals surface area contributed by atoms with Crippen LogP contribution >= 0.6 is 0 Å². The maximum Gasteiger partial charge on any atom is 0.303 e. The van der Waals surface area contributed by atoms with Crippen LogP contribution in [0.3, 0.4) is 0 Å². The topological polar surface area (TPSA) is 96.2 Å². The molecule has 166 valence electrons. The largest absolute Gasteiger partial charge is 0.487 e. The van der Waals surface area contributed by atoms with Crippen LogP contribution in [0, 0.1) is 23.5 Å². The van der Waals surface area contributed by atoms with Gasteiger partial charge in [0.2, 0.25) is 0 Å². The molecule has 1 heterocycles. The molecule has 0 spiro atoms. The number of hydrogen-bond acceptors (Lipinski definition) is 5. The zero-order valence-electron chi connectivity index (χ0n) is 16.6. The molecule has 3 rings (SSSR count). The predicted molar refractivity (Wildman–Crippen MR) is 104 cm³/mol. The summed E-state index contributed by atoms with van der Waals surface area (Å²) in [6.07, 6.45) is 5.10. The first kappa shape index (κ1) is 22.7. The Hall–Kier alpha value is -2.03. The predicted octanol–water partition coefficient (Wildman–Crippen LogP) is 3.06. The van der Waals surface area contributed by atoms with Gasteiger partial charge in [-0.3, -0.25) is 4.79 Å². The van der Waals surface area contributed by atoms with Crippen LogP contribution in [0.25, 0.3) is 0 Å². The Bertz CT molecular complexity index is 755. The Balaban J connectivity index is 1.48. The van der Waals surface area contributed by atoms with Crippen molar-refractivity contribution in [3.8, 4) is 5.75 Å². The van der Waals surface area contributed by atoms with Crippen LogP contribution in [0.15, 0.2) is 30.4 Å². The number of carboxylic acid groups (broad SMARTS) is 1. The molecule has 0 unspecified atom stereocenters. The van der Waals surface area contributed by atoms with E-state index in [9.17, 15) is 23.8 Å². The van der Waals surface area contributed by atoms with E-state index in [0.29, 0.717) is 19.3 Å². The molecule has 0 radical (unpaired) electrons. The molecule has 0 aromatic heterocycles. The fourth-order valence-electron chi connectivity index (χ4n) is 4.37. The van der Waals surface area contributed by atoms with Gasteiger partial charge in [-0.05, 0) is 43.7 Å². The van der Waals surface area contributed by atoms with Crippen LogP contribution in [0.5, 0.6) is 5.75 Å². The highest BCUT2D eigenvalue weighted by molar-refractivity contribution is 5.66. The number of carboxylic acids is 1. The number of halogens is 2. The fraction of sp³-hybridized carbons (Fsp3) is 0.591. The lowest BCUT2D eigenvalue weighted by molar-refractivity contribution is -0.137. The molecule has 6 atom stereocenters. The SMILES string of the molecule is O=C(O)CCC[C@H]1CC[C@@H]2[C@@H](/C=C/[C@@H](O)COc3cc(F)ccc3F)[C@H](O)C[C@@H]2O1. The van der Waals surface area contributed by atoms with Crippen molar-refractivity contribution >= 4 is 5.97 Å². The number of aliphatic carboxylic acids is 1. The fourth-order valence-corrected chi connectivity index (χ4v) is 4.37. The van der Waals surface area contributed by atoms with E-state index in [0.717, 1.165) is 31.0 Å². The number of benzene rings is 1. The Morgan fingerprint density at radius 1 is 1.33 bits per heavy atom. The molecule has 1 aromatic rings. The highest BCUT2D eigenvalue weighted by atomic mass is 19.1. The Kier molecular flexibility index (Phi) is 7.80. The van der Waals surface area contributed by atoms with Gasteiger partial charge in [0, 0.05) is 24.8 Å². The van der Waals surface area contributed by atoms with Crippen molar-refractivity contribution < 1.29 is 38.4 Å². The van der Waals surface area contributed by atoms with Crippen LogP contribution in [-0.2, 0) is 9.53 Å². The summed E-state index contributed by atoms with van der Waals surface area (Å²) in [7, 11) is 0. The van der Waals surface area contributed by atoms with Gasteiger partial charge in [0.1, 0.15) is 18.5 Å². The second-order valence-corrected chi connectivity index (χ2v) is 8.04. The summed E-state index contributed by atoms with van der Waals surface area (Å²) in [5.74, 6) is -2.46. The summed E-state index contributed by atoms with van der Waals surface area (Å²) in [4.78, 5) is 10.6. The van der Waals surface area contributed by atoms with E-state index in [1.165, 1.54) is 6.08 Å². The quantitative estimate of drug-likeness (QED) is 0.526. The third-order valence-corrected chi connectivity index (χ3v) is 5.85. The molecule has 6 nitrogen and oxygen atoms in total. The van der Waals surface area contributed by atoms with Gasteiger partial charge in [-0.1, -0.05) is 12.2 Å². The number of rotatable bonds is 9. The van der Waals surface area contributed by atoms with Crippen molar-refractivity contribution in [2.75, 3.05) is 6.61 Å². The average Bonchev–Trinajstić information content (AvgIpc) is 3.01. The highest BCUT2D eigenvalue weighted by Gasteiger charge is 2.45. The summed E-state index contributed by atoms with van der Waals surface area (Å²) >= 11 is 0. The van der Waals surface area contributed by atoms with Crippen molar-refractivity contribution in [2.24, 2.45) is 11.8 Å². The number of aliphatic hydroxyl groups excluding tert-OH is 2. The monoisotopic (exact) mass is 426 g/mol. The highest BCUT2D eigenvalue weighted by Crippen LogP contribution is 2.43. The zero-order chi connectivity index (χ0) is 21.7. The average molecular weight is 426 g/mol. The van der Waals surface area contributed by atoms with Crippen molar-refractivity contribution in [3.05, 3.63) is 42.0 Å². The Labute approximate surface area is 174 Å². The second kappa shape index (κ2) is 10.3. The van der Waals surface area contributed by atoms with Crippen molar-refractivity contribution in [2.45, 2.75) is 62.9 Å². The maximum atomic E-state index is 13.6. The number of carbonyl (C=O) groups is 1. The van der Waals surface area contributed by atoms with Gasteiger partial charge in [-0.2, -0.15) is 0 Å². The first-order chi connectivity index (χ1) is 14.3. The number of aliphatic hydroxyl groups is 2. The third kappa shape index (κ3) is 6.00. The molecule has 3 N–H and O–H groups in total. The minimum absolute atomic E-state index is 0.0145. The summed E-state index contributed by atoms with van der Waals surface area (Å²) < 4.78 is 38.0. The molecular weight excluding hydrogens is 398 g/mol. The van der Waals surface area contributed by atoms with Gasteiger partial charge in [0.25, 0.3) is 0 Å².